The predicted molar refractivity (Wildman–Crippen MR) is 114 cm³/mol. The Labute approximate surface area is 189 Å². The summed E-state index contributed by atoms with van der Waals surface area (Å²) < 4.78 is 0. The zero-order chi connectivity index (χ0) is 25.0. The summed E-state index contributed by atoms with van der Waals surface area (Å²) in [5.74, 6) is -7.45. The molecule has 14 heteroatoms. The van der Waals surface area contributed by atoms with E-state index in [1.807, 2.05) is 0 Å². The van der Waals surface area contributed by atoms with E-state index in [0.29, 0.717) is 6.42 Å². The SMILES string of the molecule is CCC(C)C(NC(=O)C(CCC(=O)O)NC(=O)C(CC(=O)O)NC(=O)C(N)CS)C(=O)O. The summed E-state index contributed by atoms with van der Waals surface area (Å²) in [6.07, 6.45) is -1.36. The molecule has 13 nitrogen and oxygen atoms in total. The van der Waals surface area contributed by atoms with Crippen LogP contribution < -0.4 is 21.7 Å². The molecule has 0 aromatic carbocycles. The standard InChI is InChI=1S/C18H30N4O9S/c1-3-8(2)14(18(30)31)22-16(28)10(4-5-12(23)24)20-17(29)11(6-13(25)26)21-15(27)9(19)7-32/h8-11,14,32H,3-7,19H2,1-2H3,(H,20,29)(H,21,27)(H,22,28)(H,23,24)(H,25,26)(H,30,31). The third-order valence-electron chi connectivity index (χ3n) is 4.60. The lowest BCUT2D eigenvalue weighted by Crippen LogP contribution is -2.58. The van der Waals surface area contributed by atoms with Gasteiger partial charge < -0.3 is 37.0 Å². The summed E-state index contributed by atoms with van der Waals surface area (Å²) >= 11 is 3.84. The molecule has 5 unspecified atom stereocenters. The van der Waals surface area contributed by atoms with Crippen LogP contribution in [0.5, 0.6) is 0 Å². The van der Waals surface area contributed by atoms with Gasteiger partial charge in [0, 0.05) is 12.2 Å². The van der Waals surface area contributed by atoms with Crippen LogP contribution in [-0.4, -0.2) is 80.9 Å². The van der Waals surface area contributed by atoms with E-state index in [2.05, 4.69) is 28.6 Å². The Bertz CT molecular complexity index is 719. The molecule has 3 amide bonds. The van der Waals surface area contributed by atoms with Crippen LogP contribution in [0, 0.1) is 5.92 Å². The van der Waals surface area contributed by atoms with Crippen LogP contribution in [-0.2, 0) is 28.8 Å². The monoisotopic (exact) mass is 478 g/mol. The topological polar surface area (TPSA) is 225 Å². The summed E-state index contributed by atoms with van der Waals surface area (Å²) in [4.78, 5) is 70.7. The Hall–Kier alpha value is -2.87. The van der Waals surface area contributed by atoms with Crippen molar-refractivity contribution in [3.8, 4) is 0 Å². The smallest absolute Gasteiger partial charge is 0.326 e. The lowest BCUT2D eigenvalue weighted by molar-refractivity contribution is -0.144. The Morgan fingerprint density at radius 1 is 0.875 bits per heavy atom. The Kier molecular flexibility index (Phi) is 13.0. The first kappa shape index (κ1) is 29.1. The van der Waals surface area contributed by atoms with Gasteiger partial charge >= 0.3 is 17.9 Å². The van der Waals surface area contributed by atoms with E-state index in [1.165, 1.54) is 0 Å². The quantitative estimate of drug-likeness (QED) is 0.123. The number of nitrogens with two attached hydrogens (primary N) is 1. The number of hydrogen-bond acceptors (Lipinski definition) is 8. The molecule has 5 atom stereocenters. The van der Waals surface area contributed by atoms with Gasteiger partial charge in [0.15, 0.2) is 0 Å². The Morgan fingerprint density at radius 2 is 1.41 bits per heavy atom. The summed E-state index contributed by atoms with van der Waals surface area (Å²) in [7, 11) is 0. The maximum absolute atomic E-state index is 12.6. The Balaban J connectivity index is 5.60. The highest BCUT2D eigenvalue weighted by Crippen LogP contribution is 2.09. The van der Waals surface area contributed by atoms with Crippen molar-refractivity contribution >= 4 is 48.3 Å². The van der Waals surface area contributed by atoms with Crippen molar-refractivity contribution in [2.24, 2.45) is 11.7 Å². The van der Waals surface area contributed by atoms with E-state index in [4.69, 9.17) is 15.9 Å². The van der Waals surface area contributed by atoms with E-state index in [1.54, 1.807) is 13.8 Å². The summed E-state index contributed by atoms with van der Waals surface area (Å²) in [6, 6.07) is -5.52. The van der Waals surface area contributed by atoms with E-state index in [0.717, 1.165) is 0 Å². The van der Waals surface area contributed by atoms with Gasteiger partial charge in [-0.2, -0.15) is 12.6 Å². The van der Waals surface area contributed by atoms with E-state index in [-0.39, 0.29) is 5.75 Å². The predicted octanol–water partition coefficient (Wildman–Crippen LogP) is -1.83. The van der Waals surface area contributed by atoms with Gasteiger partial charge in [0.2, 0.25) is 17.7 Å². The largest absolute Gasteiger partial charge is 0.481 e. The van der Waals surface area contributed by atoms with Crippen LogP contribution in [0.4, 0.5) is 0 Å². The molecule has 8 N–H and O–H groups in total. The van der Waals surface area contributed by atoms with Gasteiger partial charge in [-0.1, -0.05) is 20.3 Å². The fraction of sp³-hybridized carbons (Fsp3) is 0.667. The number of carboxylic acids is 3. The zero-order valence-corrected chi connectivity index (χ0v) is 18.6. The summed E-state index contributed by atoms with van der Waals surface area (Å²) in [5.41, 5.74) is 5.50. The second-order valence-corrected chi connectivity index (χ2v) is 7.52. The number of aliphatic carboxylic acids is 3. The van der Waals surface area contributed by atoms with Crippen molar-refractivity contribution in [1.82, 2.24) is 16.0 Å². The van der Waals surface area contributed by atoms with Crippen LogP contribution in [0.15, 0.2) is 0 Å². The minimum atomic E-state index is -1.61. The second-order valence-electron chi connectivity index (χ2n) is 7.15. The maximum atomic E-state index is 12.6. The average Bonchev–Trinajstić information content (AvgIpc) is 2.71. The lowest BCUT2D eigenvalue weighted by atomic mass is 9.98. The average molecular weight is 479 g/mol. The first-order valence-electron chi connectivity index (χ1n) is 9.77. The number of rotatable bonds is 15. The molecule has 0 aliphatic heterocycles. The van der Waals surface area contributed by atoms with Crippen molar-refractivity contribution in [1.29, 1.82) is 0 Å². The molecule has 0 aliphatic rings. The molecule has 0 aromatic heterocycles. The van der Waals surface area contributed by atoms with Crippen LogP contribution in [0.1, 0.15) is 39.5 Å². The van der Waals surface area contributed by atoms with Gasteiger partial charge in [0.1, 0.15) is 18.1 Å². The molecule has 0 saturated carbocycles. The minimum Gasteiger partial charge on any atom is -0.481 e. The van der Waals surface area contributed by atoms with Gasteiger partial charge in [0.25, 0.3) is 0 Å². The fourth-order valence-electron chi connectivity index (χ4n) is 2.49. The molecule has 0 rings (SSSR count). The van der Waals surface area contributed by atoms with Crippen LogP contribution in [0.25, 0.3) is 0 Å². The molecule has 0 aromatic rings. The van der Waals surface area contributed by atoms with Crippen molar-refractivity contribution in [2.75, 3.05) is 5.75 Å². The van der Waals surface area contributed by atoms with Gasteiger partial charge in [-0.25, -0.2) is 4.79 Å². The van der Waals surface area contributed by atoms with E-state index >= 15 is 0 Å². The number of carboxylic acid groups (broad SMARTS) is 3. The molecular formula is C18H30N4O9S. The first-order chi connectivity index (χ1) is 14.8. The minimum absolute atomic E-state index is 0.0803. The second kappa shape index (κ2) is 14.2. The molecule has 0 aliphatic carbocycles. The summed E-state index contributed by atoms with van der Waals surface area (Å²) in [6.45, 7) is 3.30. The molecule has 182 valence electrons. The molecule has 0 bridgehead atoms. The number of nitrogens with one attached hydrogen (secondary N) is 3. The molecule has 0 radical (unpaired) electrons. The third kappa shape index (κ3) is 10.4. The third-order valence-corrected chi connectivity index (χ3v) is 5.00. The number of hydrogen-bond donors (Lipinski definition) is 8. The lowest BCUT2D eigenvalue weighted by Gasteiger charge is -2.26. The first-order valence-corrected chi connectivity index (χ1v) is 10.4. The number of thiol groups is 1. The van der Waals surface area contributed by atoms with Gasteiger partial charge in [-0.3, -0.25) is 24.0 Å². The van der Waals surface area contributed by atoms with Gasteiger partial charge in [-0.15, -0.1) is 0 Å². The maximum Gasteiger partial charge on any atom is 0.326 e. The molecule has 32 heavy (non-hydrogen) atoms. The molecule has 0 fully saturated rings. The summed E-state index contributed by atoms with van der Waals surface area (Å²) in [5, 5.41) is 33.9. The van der Waals surface area contributed by atoms with Crippen molar-refractivity contribution in [2.45, 2.75) is 63.7 Å². The Morgan fingerprint density at radius 3 is 1.84 bits per heavy atom. The normalized spacial score (nSPS) is 15.4. The zero-order valence-electron chi connectivity index (χ0n) is 17.7. The van der Waals surface area contributed by atoms with Crippen LogP contribution in [0.3, 0.4) is 0 Å². The highest BCUT2D eigenvalue weighted by Gasteiger charge is 2.32. The molecule has 0 heterocycles. The van der Waals surface area contributed by atoms with Gasteiger partial charge in [0.05, 0.1) is 12.5 Å². The van der Waals surface area contributed by atoms with Crippen molar-refractivity contribution in [3.05, 3.63) is 0 Å². The molecular weight excluding hydrogens is 448 g/mol. The highest BCUT2D eigenvalue weighted by atomic mass is 32.1. The van der Waals surface area contributed by atoms with Crippen LogP contribution in [0.2, 0.25) is 0 Å². The van der Waals surface area contributed by atoms with E-state index < -0.39 is 85.0 Å². The van der Waals surface area contributed by atoms with Crippen LogP contribution >= 0.6 is 12.6 Å². The number of amides is 3. The molecule has 0 spiro atoms. The highest BCUT2D eigenvalue weighted by molar-refractivity contribution is 7.80. The van der Waals surface area contributed by atoms with E-state index in [9.17, 15) is 33.9 Å². The molecule has 0 saturated heterocycles. The van der Waals surface area contributed by atoms with Crippen molar-refractivity contribution < 1.29 is 44.1 Å². The fourth-order valence-corrected chi connectivity index (χ4v) is 2.66. The van der Waals surface area contributed by atoms with Crippen molar-refractivity contribution in [3.63, 3.8) is 0 Å². The number of carbonyl (C=O) groups excluding carboxylic acids is 3. The van der Waals surface area contributed by atoms with Gasteiger partial charge in [-0.05, 0) is 12.3 Å². The number of carbonyl (C=O) groups is 6.